The highest BCUT2D eigenvalue weighted by Gasteiger charge is 2.25. The highest BCUT2D eigenvalue weighted by Crippen LogP contribution is 2.35. The van der Waals surface area contributed by atoms with Crippen LogP contribution in [0.3, 0.4) is 0 Å². The topological polar surface area (TPSA) is 67.9 Å². The molecule has 4 rings (SSSR count). The van der Waals surface area contributed by atoms with Crippen molar-refractivity contribution in [2.75, 3.05) is 7.11 Å². The molecule has 0 bridgehead atoms. The van der Waals surface area contributed by atoms with E-state index >= 15 is 0 Å². The first-order valence-electron chi connectivity index (χ1n) is 8.27. The molecule has 3 heterocycles. The van der Waals surface area contributed by atoms with E-state index in [0.29, 0.717) is 28.9 Å². The minimum atomic E-state index is -0.0272. The van der Waals surface area contributed by atoms with Crippen molar-refractivity contribution < 1.29 is 4.74 Å². The SMILES string of the molecule is C=C(C)c1cc2n(c(=O)c1C)Cc1cc3c(C#N)c(OC)ccc3nc1-2. The second-order valence-electron chi connectivity index (χ2n) is 6.56. The molecule has 0 N–H and O–H groups in total. The number of nitrogens with zero attached hydrogens (tertiary/aromatic N) is 3. The Balaban J connectivity index is 2.04. The summed E-state index contributed by atoms with van der Waals surface area (Å²) in [5, 5.41) is 10.3. The lowest BCUT2D eigenvalue weighted by atomic mass is 10.0. The minimum absolute atomic E-state index is 0.0272. The second kappa shape index (κ2) is 5.57. The van der Waals surface area contributed by atoms with Crippen molar-refractivity contribution >= 4 is 16.5 Å². The summed E-state index contributed by atoms with van der Waals surface area (Å²) in [6.07, 6.45) is 0. The maximum atomic E-state index is 12.8. The quantitative estimate of drug-likeness (QED) is 0.557. The first kappa shape index (κ1) is 16.1. The van der Waals surface area contributed by atoms with Gasteiger partial charge in [-0.1, -0.05) is 12.2 Å². The van der Waals surface area contributed by atoms with Crippen molar-refractivity contribution in [1.82, 2.24) is 9.55 Å². The zero-order valence-electron chi connectivity index (χ0n) is 14.9. The number of methoxy groups -OCH3 is 1. The molecule has 0 spiro atoms. The van der Waals surface area contributed by atoms with E-state index in [1.54, 1.807) is 17.7 Å². The molecular formula is C21H17N3O2. The molecule has 0 unspecified atom stereocenters. The maximum absolute atomic E-state index is 12.8. The van der Waals surface area contributed by atoms with Crippen molar-refractivity contribution in [2.45, 2.75) is 20.4 Å². The lowest BCUT2D eigenvalue weighted by molar-refractivity contribution is 0.414. The molecule has 1 aromatic carbocycles. The number of aromatic nitrogens is 2. The van der Waals surface area contributed by atoms with E-state index < -0.39 is 0 Å². The maximum Gasteiger partial charge on any atom is 0.254 e. The summed E-state index contributed by atoms with van der Waals surface area (Å²) in [4.78, 5) is 17.5. The molecule has 0 saturated heterocycles. The molecule has 0 fully saturated rings. The average Bonchev–Trinajstić information content (AvgIpc) is 2.99. The Labute approximate surface area is 150 Å². The Kier molecular flexibility index (Phi) is 3.45. The first-order valence-corrected chi connectivity index (χ1v) is 8.27. The predicted octanol–water partition coefficient (Wildman–Crippen LogP) is 3.65. The first-order chi connectivity index (χ1) is 12.5. The van der Waals surface area contributed by atoms with Gasteiger partial charge in [0.2, 0.25) is 0 Å². The minimum Gasteiger partial charge on any atom is -0.495 e. The molecule has 0 amide bonds. The van der Waals surface area contributed by atoms with Gasteiger partial charge in [-0.3, -0.25) is 4.79 Å². The highest BCUT2D eigenvalue weighted by molar-refractivity contribution is 5.90. The number of ether oxygens (including phenoxy) is 1. The van der Waals surface area contributed by atoms with Crippen LogP contribution in [0, 0.1) is 18.3 Å². The van der Waals surface area contributed by atoms with E-state index in [9.17, 15) is 10.1 Å². The number of benzene rings is 1. The summed E-state index contributed by atoms with van der Waals surface area (Å²) >= 11 is 0. The summed E-state index contributed by atoms with van der Waals surface area (Å²) in [5.41, 5.74) is 6.06. The smallest absolute Gasteiger partial charge is 0.254 e. The van der Waals surface area contributed by atoms with Crippen molar-refractivity contribution in [3.8, 4) is 23.2 Å². The number of hydrogen-bond donors (Lipinski definition) is 0. The number of hydrogen-bond acceptors (Lipinski definition) is 4. The zero-order valence-corrected chi connectivity index (χ0v) is 14.9. The van der Waals surface area contributed by atoms with Crippen LogP contribution in [0.5, 0.6) is 5.75 Å². The van der Waals surface area contributed by atoms with Crippen molar-refractivity contribution in [1.29, 1.82) is 5.26 Å². The number of allylic oxidation sites excluding steroid dienone is 1. The van der Waals surface area contributed by atoms with Crippen LogP contribution in [-0.2, 0) is 6.54 Å². The average molecular weight is 343 g/mol. The van der Waals surface area contributed by atoms with Gasteiger partial charge in [0.05, 0.1) is 30.6 Å². The van der Waals surface area contributed by atoms with Gasteiger partial charge in [0.25, 0.3) is 5.56 Å². The fraction of sp³-hybridized carbons (Fsp3) is 0.190. The molecule has 26 heavy (non-hydrogen) atoms. The van der Waals surface area contributed by atoms with Crippen LogP contribution in [0.1, 0.15) is 29.2 Å². The number of fused-ring (bicyclic) bond motifs is 4. The zero-order chi connectivity index (χ0) is 18.6. The van der Waals surface area contributed by atoms with Gasteiger partial charge >= 0.3 is 0 Å². The van der Waals surface area contributed by atoms with Gasteiger partial charge in [-0.25, -0.2) is 4.98 Å². The van der Waals surface area contributed by atoms with Gasteiger partial charge < -0.3 is 9.30 Å². The Hall–Kier alpha value is -3.39. The number of rotatable bonds is 2. The van der Waals surface area contributed by atoms with Gasteiger partial charge in [0.1, 0.15) is 17.4 Å². The van der Waals surface area contributed by atoms with Gasteiger partial charge in [-0.05, 0) is 43.7 Å². The lowest BCUT2D eigenvalue weighted by Crippen LogP contribution is -2.22. The molecule has 128 valence electrons. The molecule has 1 aliphatic rings. The van der Waals surface area contributed by atoms with E-state index in [2.05, 4.69) is 12.6 Å². The van der Waals surface area contributed by atoms with Crippen molar-refractivity contribution in [3.63, 3.8) is 0 Å². The summed E-state index contributed by atoms with van der Waals surface area (Å²) in [6.45, 7) is 8.15. The molecule has 0 aliphatic carbocycles. The van der Waals surface area contributed by atoms with Crippen LogP contribution in [0.15, 0.2) is 35.6 Å². The number of pyridine rings is 2. The standard InChI is InChI=1S/C21H17N3O2/c1-11(2)14-8-18-20-13(10-24(18)21(25)12(14)3)7-15-16(9-22)19(26-4)6-5-17(15)23-20/h5-8H,1,10H2,2-4H3. The largest absolute Gasteiger partial charge is 0.495 e. The van der Waals surface area contributed by atoms with Gasteiger partial charge in [0, 0.05) is 16.5 Å². The molecule has 0 saturated carbocycles. The van der Waals surface area contributed by atoms with Crippen molar-refractivity contribution in [2.24, 2.45) is 0 Å². The van der Waals surface area contributed by atoms with E-state index in [1.165, 1.54) is 0 Å². The van der Waals surface area contributed by atoms with Crippen LogP contribution >= 0.6 is 0 Å². The molecule has 5 nitrogen and oxygen atoms in total. The third-order valence-corrected chi connectivity index (χ3v) is 4.94. The highest BCUT2D eigenvalue weighted by atomic mass is 16.5. The summed E-state index contributed by atoms with van der Waals surface area (Å²) in [7, 11) is 1.54. The van der Waals surface area contributed by atoms with E-state index in [0.717, 1.165) is 33.5 Å². The molecule has 0 atom stereocenters. The second-order valence-corrected chi connectivity index (χ2v) is 6.56. The fourth-order valence-electron chi connectivity index (χ4n) is 3.61. The van der Waals surface area contributed by atoms with E-state index in [4.69, 9.17) is 9.72 Å². The van der Waals surface area contributed by atoms with Gasteiger partial charge in [-0.15, -0.1) is 0 Å². The van der Waals surface area contributed by atoms with Crippen LogP contribution in [-0.4, -0.2) is 16.7 Å². The Morgan fingerprint density at radius 2 is 2.15 bits per heavy atom. The van der Waals surface area contributed by atoms with Crippen LogP contribution < -0.4 is 10.3 Å². The molecule has 5 heteroatoms. The number of nitriles is 1. The molecule has 2 aromatic heterocycles. The Bertz CT molecular complexity index is 1210. The monoisotopic (exact) mass is 343 g/mol. The van der Waals surface area contributed by atoms with Crippen LogP contribution in [0.2, 0.25) is 0 Å². The van der Waals surface area contributed by atoms with Crippen molar-refractivity contribution in [3.05, 3.63) is 63.5 Å². The molecule has 1 aliphatic heterocycles. The normalized spacial score (nSPS) is 11.8. The predicted molar refractivity (Wildman–Crippen MR) is 101 cm³/mol. The Morgan fingerprint density at radius 1 is 1.38 bits per heavy atom. The lowest BCUT2D eigenvalue weighted by Gasteiger charge is -2.10. The van der Waals surface area contributed by atoms with Gasteiger partial charge in [0.15, 0.2) is 0 Å². The summed E-state index contributed by atoms with van der Waals surface area (Å²) < 4.78 is 7.02. The van der Waals surface area contributed by atoms with E-state index in [-0.39, 0.29) is 5.56 Å². The van der Waals surface area contributed by atoms with Crippen LogP contribution in [0.25, 0.3) is 27.9 Å². The molecule has 3 aromatic rings. The third kappa shape index (κ3) is 2.09. The molecular weight excluding hydrogens is 326 g/mol. The van der Waals surface area contributed by atoms with Crippen LogP contribution in [0.4, 0.5) is 0 Å². The fourth-order valence-corrected chi connectivity index (χ4v) is 3.61. The van der Waals surface area contributed by atoms with E-state index in [1.807, 2.05) is 32.0 Å². The summed E-state index contributed by atoms with van der Waals surface area (Å²) in [6, 6.07) is 9.72. The van der Waals surface area contributed by atoms with Gasteiger partial charge in [-0.2, -0.15) is 5.26 Å². The Morgan fingerprint density at radius 3 is 2.81 bits per heavy atom. The molecule has 0 radical (unpaired) electrons. The summed E-state index contributed by atoms with van der Waals surface area (Å²) in [5.74, 6) is 0.523. The third-order valence-electron chi connectivity index (χ3n) is 4.94.